The summed E-state index contributed by atoms with van der Waals surface area (Å²) in [6.07, 6.45) is 4.83. The lowest BCUT2D eigenvalue weighted by molar-refractivity contribution is -0.385. The molecule has 0 bridgehead atoms. The molecule has 0 aliphatic heterocycles. The van der Waals surface area contributed by atoms with Gasteiger partial charge in [0.2, 0.25) is 11.8 Å². The van der Waals surface area contributed by atoms with Crippen molar-refractivity contribution in [1.82, 2.24) is 10.2 Å². The maximum atomic E-state index is 14.9. The number of halogens is 2. The van der Waals surface area contributed by atoms with Crippen molar-refractivity contribution < 1.29 is 27.7 Å². The number of amides is 2. The Morgan fingerprint density at radius 3 is 2.25 bits per heavy atom. The van der Waals surface area contributed by atoms with Crippen LogP contribution in [0, 0.1) is 17.0 Å². The van der Waals surface area contributed by atoms with Gasteiger partial charge in [-0.1, -0.05) is 91.0 Å². The smallest absolute Gasteiger partial charge is 0.273 e. The van der Waals surface area contributed by atoms with E-state index in [-0.39, 0.29) is 46.9 Å². The Morgan fingerprint density at radius 2 is 1.60 bits per heavy atom. The van der Waals surface area contributed by atoms with Crippen molar-refractivity contribution in [3.63, 3.8) is 0 Å². The molecule has 2 amide bonds. The maximum Gasteiger partial charge on any atom is 0.273 e. The molecular weight excluding hydrogens is 727 g/mol. The number of rotatable bonds is 14. The van der Waals surface area contributed by atoms with Gasteiger partial charge in [0.1, 0.15) is 18.3 Å². The number of aryl methyl sites for hydroxylation is 1. The van der Waals surface area contributed by atoms with Crippen molar-refractivity contribution >= 4 is 56.4 Å². The quantitative estimate of drug-likeness (QED) is 0.104. The number of nitrogens with one attached hydrogen (secondary N) is 1. The largest absolute Gasteiger partial charge is 0.495 e. The summed E-state index contributed by atoms with van der Waals surface area (Å²) in [5.74, 6) is -0.980. The number of nitro groups is 1. The van der Waals surface area contributed by atoms with Crippen LogP contribution in [0.1, 0.15) is 48.8 Å². The monoisotopic (exact) mass is 766 g/mol. The van der Waals surface area contributed by atoms with E-state index in [0.717, 1.165) is 48.0 Å². The summed E-state index contributed by atoms with van der Waals surface area (Å²) in [6, 6.07) is 22.8. The fourth-order valence-electron chi connectivity index (χ4n) is 6.33. The van der Waals surface area contributed by atoms with E-state index in [2.05, 4.69) is 5.32 Å². The first-order valence-corrected chi connectivity index (χ1v) is 19.1. The van der Waals surface area contributed by atoms with Crippen LogP contribution in [0.3, 0.4) is 0 Å². The fraction of sp³-hybridized carbons (Fsp3) is 0.316. The lowest BCUT2D eigenvalue weighted by Crippen LogP contribution is -2.55. The van der Waals surface area contributed by atoms with E-state index in [4.69, 9.17) is 27.9 Å². The topological polar surface area (TPSA) is 139 Å². The SMILES string of the molecule is COc1ccc(Cl)cc1N(CC(=O)N(Cc1ccc(Cl)cc1)C(Cc1ccccc1)C(=O)NC1CCCCC1)S(=O)(=O)c1ccc(C)c([N+](=O)[O-])c1. The molecule has 0 aromatic heterocycles. The molecule has 11 nitrogen and oxygen atoms in total. The van der Waals surface area contributed by atoms with Gasteiger partial charge in [-0.15, -0.1) is 0 Å². The number of benzene rings is 4. The first-order chi connectivity index (χ1) is 24.9. The van der Waals surface area contributed by atoms with Crippen LogP contribution in [0.15, 0.2) is 95.9 Å². The minimum absolute atomic E-state index is 0.0534. The highest BCUT2D eigenvalue weighted by atomic mass is 35.5. The van der Waals surface area contributed by atoms with Gasteiger partial charge in [0, 0.05) is 40.7 Å². The van der Waals surface area contributed by atoms with Gasteiger partial charge < -0.3 is 15.0 Å². The molecule has 0 heterocycles. The molecule has 1 N–H and O–H groups in total. The van der Waals surface area contributed by atoms with Gasteiger partial charge in [-0.05, 0) is 67.3 Å². The number of carbonyl (C=O) groups is 2. The Bertz CT molecular complexity index is 2010. The van der Waals surface area contributed by atoms with Crippen LogP contribution in [0.4, 0.5) is 11.4 Å². The second-order valence-electron chi connectivity index (χ2n) is 12.7. The fourth-order valence-corrected chi connectivity index (χ4v) is 8.06. The molecule has 4 aromatic carbocycles. The Kier molecular flexibility index (Phi) is 12.8. The van der Waals surface area contributed by atoms with Crippen molar-refractivity contribution in [1.29, 1.82) is 0 Å². The maximum absolute atomic E-state index is 14.9. The molecule has 5 rings (SSSR count). The summed E-state index contributed by atoms with van der Waals surface area (Å²) in [5.41, 5.74) is 1.24. The lowest BCUT2D eigenvalue weighted by atomic mass is 9.94. The third-order valence-corrected chi connectivity index (χ3v) is 11.4. The molecule has 14 heteroatoms. The van der Waals surface area contributed by atoms with Gasteiger partial charge in [0.25, 0.3) is 15.7 Å². The van der Waals surface area contributed by atoms with Crippen LogP contribution in [0.5, 0.6) is 5.75 Å². The van der Waals surface area contributed by atoms with Gasteiger partial charge in [-0.25, -0.2) is 8.42 Å². The second kappa shape index (κ2) is 17.2. The number of nitro benzene ring substituents is 1. The average molecular weight is 768 g/mol. The number of hydrogen-bond acceptors (Lipinski definition) is 7. The Hall–Kier alpha value is -4.65. The first-order valence-electron chi connectivity index (χ1n) is 16.9. The number of hydrogen-bond donors (Lipinski definition) is 1. The van der Waals surface area contributed by atoms with Crippen molar-refractivity contribution in [2.45, 2.75) is 69.0 Å². The van der Waals surface area contributed by atoms with Gasteiger partial charge in [0.05, 0.1) is 22.6 Å². The third-order valence-electron chi connectivity index (χ3n) is 9.14. The summed E-state index contributed by atoms with van der Waals surface area (Å²) in [7, 11) is -3.34. The van der Waals surface area contributed by atoms with Crippen LogP contribution in [-0.2, 0) is 32.6 Å². The standard InChI is InChI=1S/C38H40Cl2N4O7S/c1-26-13-19-32(23-33(26)44(47)48)52(49,50)43(34-22-30(40)18-20-36(34)51-2)25-37(45)42(24-28-14-16-29(39)17-15-28)35(21-27-9-5-3-6-10-27)38(46)41-31-11-7-4-8-12-31/h3,5-6,9-10,13-20,22-23,31,35H,4,7-8,11-12,21,24-25H2,1-2H3,(H,41,46). The number of carbonyl (C=O) groups excluding carboxylic acids is 2. The van der Waals surface area contributed by atoms with Crippen molar-refractivity contribution in [2.24, 2.45) is 0 Å². The zero-order chi connectivity index (χ0) is 37.4. The minimum Gasteiger partial charge on any atom is -0.495 e. The van der Waals surface area contributed by atoms with Crippen LogP contribution in [0.25, 0.3) is 0 Å². The molecule has 1 unspecified atom stereocenters. The zero-order valence-electron chi connectivity index (χ0n) is 28.8. The van der Waals surface area contributed by atoms with E-state index in [1.165, 1.54) is 49.3 Å². The molecule has 1 saturated carbocycles. The molecule has 52 heavy (non-hydrogen) atoms. The summed E-state index contributed by atoms with van der Waals surface area (Å²) in [5, 5.41) is 15.6. The van der Waals surface area contributed by atoms with E-state index >= 15 is 0 Å². The summed E-state index contributed by atoms with van der Waals surface area (Å²) < 4.78 is 35.4. The van der Waals surface area contributed by atoms with Crippen molar-refractivity contribution in [3.05, 3.63) is 128 Å². The molecule has 1 atom stereocenters. The Labute approximate surface area is 313 Å². The molecule has 274 valence electrons. The van der Waals surface area contributed by atoms with Crippen LogP contribution in [0.2, 0.25) is 10.0 Å². The molecule has 1 aliphatic rings. The Morgan fingerprint density at radius 1 is 0.923 bits per heavy atom. The highest BCUT2D eigenvalue weighted by molar-refractivity contribution is 7.92. The predicted octanol–water partition coefficient (Wildman–Crippen LogP) is 7.50. The van der Waals surface area contributed by atoms with Crippen molar-refractivity contribution in [2.75, 3.05) is 18.0 Å². The van der Waals surface area contributed by atoms with Crippen LogP contribution >= 0.6 is 23.2 Å². The average Bonchev–Trinajstić information content (AvgIpc) is 3.13. The molecule has 1 aliphatic carbocycles. The van der Waals surface area contributed by atoms with Gasteiger partial charge >= 0.3 is 0 Å². The van der Waals surface area contributed by atoms with Crippen molar-refractivity contribution in [3.8, 4) is 5.75 Å². The molecule has 4 aromatic rings. The van der Waals surface area contributed by atoms with Crippen LogP contribution < -0.4 is 14.4 Å². The predicted molar refractivity (Wildman–Crippen MR) is 201 cm³/mol. The third kappa shape index (κ3) is 9.41. The van der Waals surface area contributed by atoms with Gasteiger partial charge in [0.15, 0.2) is 0 Å². The second-order valence-corrected chi connectivity index (χ2v) is 15.5. The molecular formula is C38H40Cl2N4O7S. The lowest BCUT2D eigenvalue weighted by Gasteiger charge is -2.35. The number of nitrogens with zero attached hydrogens (tertiary/aromatic N) is 3. The molecule has 0 saturated heterocycles. The summed E-state index contributed by atoms with van der Waals surface area (Å²) in [4.78, 5) is 41.3. The summed E-state index contributed by atoms with van der Waals surface area (Å²) >= 11 is 12.6. The van der Waals surface area contributed by atoms with Gasteiger partial charge in [-0.3, -0.25) is 24.0 Å². The van der Waals surface area contributed by atoms with E-state index in [1.54, 1.807) is 24.3 Å². The van der Waals surface area contributed by atoms with Gasteiger partial charge in [-0.2, -0.15) is 0 Å². The minimum atomic E-state index is -4.69. The van der Waals surface area contributed by atoms with E-state index in [0.29, 0.717) is 10.6 Å². The molecule has 0 radical (unpaired) electrons. The number of anilines is 1. The Balaban J connectivity index is 1.63. The molecule has 1 fully saturated rings. The highest BCUT2D eigenvalue weighted by Crippen LogP contribution is 2.36. The zero-order valence-corrected chi connectivity index (χ0v) is 31.2. The summed E-state index contributed by atoms with van der Waals surface area (Å²) in [6.45, 7) is 0.647. The van der Waals surface area contributed by atoms with E-state index < -0.39 is 44.0 Å². The normalized spacial score (nSPS) is 13.9. The molecule has 0 spiro atoms. The van der Waals surface area contributed by atoms with E-state index in [1.807, 2.05) is 30.3 Å². The van der Waals surface area contributed by atoms with E-state index in [9.17, 15) is 28.1 Å². The number of sulfonamides is 1. The first kappa shape index (κ1) is 38.6. The highest BCUT2D eigenvalue weighted by Gasteiger charge is 2.37. The number of methoxy groups -OCH3 is 1. The number of ether oxygens (including phenoxy) is 1. The van der Waals surface area contributed by atoms with Crippen LogP contribution in [-0.4, -0.2) is 55.8 Å².